The quantitative estimate of drug-likeness (QED) is 0.292. The van der Waals surface area contributed by atoms with E-state index in [9.17, 15) is 24.3 Å². The zero-order chi connectivity index (χ0) is 26.8. The highest BCUT2D eigenvalue weighted by Gasteiger charge is 2.31. The number of ether oxygens (including phenoxy) is 1. The van der Waals surface area contributed by atoms with Crippen LogP contribution in [0.15, 0.2) is 18.2 Å². The van der Waals surface area contributed by atoms with Gasteiger partial charge in [0.15, 0.2) is 5.78 Å². The van der Waals surface area contributed by atoms with Gasteiger partial charge in [-0.3, -0.25) is 24.1 Å². The van der Waals surface area contributed by atoms with Gasteiger partial charge in [-0.1, -0.05) is 33.1 Å². The Morgan fingerprint density at radius 2 is 1.81 bits per heavy atom. The number of hydrogen-bond acceptors (Lipinski definition) is 6. The summed E-state index contributed by atoms with van der Waals surface area (Å²) >= 11 is 2.15. The van der Waals surface area contributed by atoms with Gasteiger partial charge in [0.25, 0.3) is 0 Å². The number of rotatable bonds is 13. The van der Waals surface area contributed by atoms with E-state index in [1.165, 1.54) is 13.5 Å². The van der Waals surface area contributed by atoms with Crippen molar-refractivity contribution in [2.75, 3.05) is 20.7 Å². The highest BCUT2D eigenvalue weighted by Crippen LogP contribution is 2.22. The third-order valence-electron chi connectivity index (χ3n) is 6.55. The van der Waals surface area contributed by atoms with Crippen molar-refractivity contribution in [2.45, 2.75) is 76.9 Å². The van der Waals surface area contributed by atoms with E-state index in [0.29, 0.717) is 11.3 Å². The molecule has 1 saturated carbocycles. The van der Waals surface area contributed by atoms with Gasteiger partial charge in [0, 0.05) is 15.2 Å². The van der Waals surface area contributed by atoms with E-state index in [1.807, 2.05) is 24.1 Å². The van der Waals surface area contributed by atoms with Crippen LogP contribution in [-0.2, 0) is 25.6 Å². The number of ketones is 1. The summed E-state index contributed by atoms with van der Waals surface area (Å²) in [6.07, 6.45) is 4.93. The predicted molar refractivity (Wildman–Crippen MR) is 145 cm³/mol. The molecule has 1 aromatic carbocycles. The average molecular weight is 616 g/mol. The van der Waals surface area contributed by atoms with Gasteiger partial charge in [0.2, 0.25) is 11.8 Å². The van der Waals surface area contributed by atoms with Gasteiger partial charge in [-0.05, 0) is 66.6 Å². The first kappa shape index (κ1) is 30.0. The predicted octanol–water partition coefficient (Wildman–Crippen LogP) is 2.78. The molecule has 0 bridgehead atoms. The van der Waals surface area contributed by atoms with Crippen molar-refractivity contribution in [3.63, 3.8) is 0 Å². The van der Waals surface area contributed by atoms with Crippen LogP contribution in [0.2, 0.25) is 0 Å². The van der Waals surface area contributed by atoms with Gasteiger partial charge >= 0.3 is 5.97 Å². The minimum Gasteiger partial charge on any atom is -0.496 e. The molecule has 0 aromatic heterocycles. The second-order valence-electron chi connectivity index (χ2n) is 9.75. The smallest absolute Gasteiger partial charge is 0.305 e. The molecule has 10 heteroatoms. The highest BCUT2D eigenvalue weighted by molar-refractivity contribution is 14.1. The number of carboxylic acid groups (broad SMARTS) is 1. The van der Waals surface area contributed by atoms with Crippen molar-refractivity contribution in [2.24, 2.45) is 5.92 Å². The first-order valence-corrected chi connectivity index (χ1v) is 13.5. The van der Waals surface area contributed by atoms with Gasteiger partial charge < -0.3 is 20.5 Å². The number of amides is 2. The second kappa shape index (κ2) is 14.5. The Hall–Kier alpha value is -2.21. The van der Waals surface area contributed by atoms with Crippen molar-refractivity contribution >= 4 is 46.2 Å². The molecule has 0 saturated heterocycles. The summed E-state index contributed by atoms with van der Waals surface area (Å²) in [4.78, 5) is 52.4. The molecule has 2 atom stereocenters. The number of carbonyl (C=O) groups excluding carboxylic acids is 3. The van der Waals surface area contributed by atoms with Gasteiger partial charge in [0.1, 0.15) is 11.8 Å². The number of nitrogens with zero attached hydrogens (tertiary/aromatic N) is 1. The SMILES string of the molecule is COc1ccc(I)cc1CC(=O)N[C@H](C(=O)N[C@@H](CC(=O)O)C(=O)CN(C)C1CCCCC1)C(C)C. The third kappa shape index (κ3) is 9.34. The molecule has 1 aromatic rings. The van der Waals surface area contributed by atoms with Crippen molar-refractivity contribution in [1.29, 1.82) is 0 Å². The van der Waals surface area contributed by atoms with E-state index >= 15 is 0 Å². The first-order valence-electron chi connectivity index (χ1n) is 12.4. The molecule has 3 N–H and O–H groups in total. The molecule has 0 radical (unpaired) electrons. The molecule has 0 spiro atoms. The van der Waals surface area contributed by atoms with Crippen molar-refractivity contribution in [3.8, 4) is 5.75 Å². The molecule has 2 rings (SSSR count). The monoisotopic (exact) mass is 615 g/mol. The number of likely N-dealkylation sites (N-methyl/N-ethyl adjacent to an activating group) is 1. The van der Waals surface area contributed by atoms with Gasteiger partial charge in [-0.2, -0.15) is 0 Å². The molecule has 9 nitrogen and oxygen atoms in total. The Kier molecular flexibility index (Phi) is 12.1. The van der Waals surface area contributed by atoms with E-state index in [4.69, 9.17) is 4.74 Å². The maximum atomic E-state index is 13.1. The van der Waals surface area contributed by atoms with E-state index in [1.54, 1.807) is 19.9 Å². The molecule has 2 amide bonds. The van der Waals surface area contributed by atoms with E-state index in [-0.39, 0.29) is 36.6 Å². The second-order valence-corrected chi connectivity index (χ2v) is 11.0. The van der Waals surface area contributed by atoms with Gasteiger partial charge in [-0.15, -0.1) is 0 Å². The molecule has 0 heterocycles. The molecule has 0 aliphatic heterocycles. The van der Waals surface area contributed by atoms with Crippen LogP contribution in [0.4, 0.5) is 0 Å². The molecule has 36 heavy (non-hydrogen) atoms. The summed E-state index contributed by atoms with van der Waals surface area (Å²) in [5, 5.41) is 14.7. The van der Waals surface area contributed by atoms with Crippen LogP contribution in [0, 0.1) is 9.49 Å². The van der Waals surface area contributed by atoms with E-state index in [0.717, 1.165) is 29.3 Å². The van der Waals surface area contributed by atoms with Crippen LogP contribution in [-0.4, -0.2) is 72.4 Å². The largest absolute Gasteiger partial charge is 0.496 e. The Balaban J connectivity index is 2.07. The number of carbonyl (C=O) groups is 4. The summed E-state index contributed by atoms with van der Waals surface area (Å²) in [7, 11) is 3.39. The standard InChI is InChI=1S/C26H38IN3O6/c1-16(2)25(29-23(32)13-17-12-18(27)10-11-22(17)36-4)26(35)28-20(14-24(33)34)21(31)15-30(3)19-8-6-5-7-9-19/h10-12,16,19-20,25H,5-9,13-15H2,1-4H3,(H,28,35)(H,29,32)(H,33,34)/t20-,25-/m0/s1. The number of nitrogens with one attached hydrogen (secondary N) is 2. The maximum Gasteiger partial charge on any atom is 0.305 e. The molecular formula is C26H38IN3O6. The van der Waals surface area contributed by atoms with Crippen LogP contribution in [0.5, 0.6) is 5.75 Å². The summed E-state index contributed by atoms with van der Waals surface area (Å²) in [6.45, 7) is 3.62. The summed E-state index contributed by atoms with van der Waals surface area (Å²) in [6, 6.07) is 3.68. The molecule has 1 aliphatic carbocycles. The number of aliphatic carboxylic acids is 1. The van der Waals surface area contributed by atoms with Crippen LogP contribution in [0.25, 0.3) is 0 Å². The minimum absolute atomic E-state index is 0.0141. The molecule has 1 fully saturated rings. The summed E-state index contributed by atoms with van der Waals surface area (Å²) in [5.74, 6) is -2.18. The number of halogens is 1. The maximum absolute atomic E-state index is 13.1. The van der Waals surface area contributed by atoms with Crippen LogP contribution >= 0.6 is 22.6 Å². The lowest BCUT2D eigenvalue weighted by atomic mass is 9.94. The third-order valence-corrected chi connectivity index (χ3v) is 7.22. The first-order chi connectivity index (χ1) is 17.0. The van der Waals surface area contributed by atoms with Gasteiger partial charge in [-0.25, -0.2) is 0 Å². The number of benzene rings is 1. The van der Waals surface area contributed by atoms with E-state index < -0.39 is 30.4 Å². The Labute approximate surface area is 226 Å². The number of methoxy groups -OCH3 is 1. The Bertz CT molecular complexity index is 932. The fraction of sp³-hybridized carbons (Fsp3) is 0.615. The summed E-state index contributed by atoms with van der Waals surface area (Å²) in [5.41, 5.74) is 0.689. The van der Waals surface area contributed by atoms with Crippen LogP contribution < -0.4 is 15.4 Å². The number of Topliss-reactive ketones (excluding diaryl/α,β-unsaturated/α-hetero) is 1. The van der Waals surface area contributed by atoms with Crippen molar-refractivity contribution in [3.05, 3.63) is 27.3 Å². The lowest BCUT2D eigenvalue weighted by Crippen LogP contribution is -2.55. The van der Waals surface area contributed by atoms with Crippen molar-refractivity contribution in [1.82, 2.24) is 15.5 Å². The average Bonchev–Trinajstić information content (AvgIpc) is 2.82. The number of hydrogen-bond donors (Lipinski definition) is 3. The Morgan fingerprint density at radius 3 is 2.39 bits per heavy atom. The van der Waals surface area contributed by atoms with E-state index in [2.05, 4.69) is 33.2 Å². The molecule has 1 aliphatic rings. The zero-order valence-corrected chi connectivity index (χ0v) is 23.7. The number of carboxylic acids is 1. The fourth-order valence-corrected chi connectivity index (χ4v) is 5.06. The minimum atomic E-state index is -1.18. The molecule has 200 valence electrons. The fourth-order valence-electron chi connectivity index (χ4n) is 4.51. The van der Waals surface area contributed by atoms with Gasteiger partial charge in [0.05, 0.1) is 32.5 Å². The highest BCUT2D eigenvalue weighted by atomic mass is 127. The lowest BCUT2D eigenvalue weighted by molar-refractivity contribution is -0.141. The van der Waals surface area contributed by atoms with Crippen molar-refractivity contribution < 1.29 is 29.0 Å². The summed E-state index contributed by atoms with van der Waals surface area (Å²) < 4.78 is 6.28. The van der Waals surface area contributed by atoms with Crippen LogP contribution in [0.3, 0.4) is 0 Å². The molecular weight excluding hydrogens is 577 g/mol. The topological polar surface area (TPSA) is 125 Å². The zero-order valence-electron chi connectivity index (χ0n) is 21.5. The normalized spacial score (nSPS) is 15.9. The molecule has 0 unspecified atom stereocenters. The Morgan fingerprint density at radius 1 is 1.14 bits per heavy atom. The van der Waals surface area contributed by atoms with Crippen LogP contribution in [0.1, 0.15) is 57.9 Å². The lowest BCUT2D eigenvalue weighted by Gasteiger charge is -2.32.